The SMILES string of the molecule is COc1cc(-c2ncnc3c(C(=O)N[C@H]4CN(C(=O)OC(C)(C)C)CC[C@@H]4O)c(C)[nH]c23)c(OCC2CC2)cc1F. The lowest BCUT2D eigenvalue weighted by molar-refractivity contribution is 0.000486. The fourth-order valence-corrected chi connectivity index (χ4v) is 4.91. The van der Waals surface area contributed by atoms with E-state index in [2.05, 4.69) is 20.3 Å². The molecule has 0 spiro atoms. The Morgan fingerprint density at radius 3 is 2.63 bits per heavy atom. The van der Waals surface area contributed by atoms with Gasteiger partial charge in [-0.2, -0.15) is 0 Å². The normalized spacial score (nSPS) is 19.2. The number of carbonyl (C=O) groups is 2. The number of aromatic amines is 1. The molecule has 0 bridgehead atoms. The molecule has 2 aromatic heterocycles. The quantitative estimate of drug-likeness (QED) is 0.389. The number of nitrogens with one attached hydrogen (secondary N) is 2. The van der Waals surface area contributed by atoms with Gasteiger partial charge in [0.05, 0.1) is 36.9 Å². The molecule has 2 aliphatic rings. The summed E-state index contributed by atoms with van der Waals surface area (Å²) in [5.41, 5.74) is 1.90. The van der Waals surface area contributed by atoms with E-state index >= 15 is 0 Å². The molecule has 2 amide bonds. The van der Waals surface area contributed by atoms with Crippen LogP contribution in [-0.4, -0.2) is 81.5 Å². The first kappa shape index (κ1) is 28.6. The standard InChI is InChI=1S/C29H36FN5O6/c1-15-23(27(37)34-19-12-35(9-8-20(19)36)28(38)41-29(2,3)4)25-26(33-15)24(31-14-32-25)17-10-22(39-5)18(30)11-21(17)40-13-16-6-7-16/h10-11,14,16,19-20,33,36H,6-9,12-13H2,1-5H3,(H,34,37)/t19-,20-/m0/s1. The Labute approximate surface area is 237 Å². The summed E-state index contributed by atoms with van der Waals surface area (Å²) in [6.07, 6.45) is 2.43. The molecule has 0 unspecified atom stereocenters. The van der Waals surface area contributed by atoms with Crippen LogP contribution in [0.3, 0.4) is 0 Å². The number of aryl methyl sites for hydroxylation is 1. The van der Waals surface area contributed by atoms with Crippen molar-refractivity contribution in [2.75, 3.05) is 26.8 Å². The van der Waals surface area contributed by atoms with E-state index in [1.807, 2.05) is 0 Å². The zero-order chi connectivity index (χ0) is 29.5. The van der Waals surface area contributed by atoms with Crippen molar-refractivity contribution in [3.05, 3.63) is 35.5 Å². The fraction of sp³-hybridized carbons (Fsp3) is 0.517. The Morgan fingerprint density at radius 1 is 1.20 bits per heavy atom. The summed E-state index contributed by atoms with van der Waals surface area (Å²) >= 11 is 0. The van der Waals surface area contributed by atoms with E-state index in [-0.39, 0.29) is 17.9 Å². The molecule has 1 aromatic carbocycles. The number of hydrogen-bond acceptors (Lipinski definition) is 8. The van der Waals surface area contributed by atoms with Gasteiger partial charge in [0.25, 0.3) is 5.91 Å². The molecular formula is C29H36FN5O6. The van der Waals surface area contributed by atoms with E-state index in [4.69, 9.17) is 14.2 Å². The molecule has 1 aliphatic carbocycles. The maximum Gasteiger partial charge on any atom is 0.410 e. The second kappa shape index (κ2) is 11.2. The number of hydrogen-bond donors (Lipinski definition) is 3. The molecule has 3 aromatic rings. The van der Waals surface area contributed by atoms with Crippen molar-refractivity contribution in [2.45, 2.75) is 64.7 Å². The summed E-state index contributed by atoms with van der Waals surface area (Å²) in [5, 5.41) is 13.5. The second-order valence-corrected chi connectivity index (χ2v) is 11.7. The average Bonchev–Trinajstić information content (AvgIpc) is 3.67. The van der Waals surface area contributed by atoms with Crippen molar-refractivity contribution in [3.8, 4) is 22.8 Å². The van der Waals surface area contributed by atoms with Gasteiger partial charge in [-0.1, -0.05) is 0 Å². The van der Waals surface area contributed by atoms with Crippen molar-refractivity contribution in [1.29, 1.82) is 0 Å². The zero-order valence-corrected chi connectivity index (χ0v) is 23.9. The molecule has 2 fully saturated rings. The van der Waals surface area contributed by atoms with Crippen molar-refractivity contribution in [1.82, 2.24) is 25.2 Å². The van der Waals surface area contributed by atoms with E-state index in [0.717, 1.165) is 12.8 Å². The van der Waals surface area contributed by atoms with Crippen LogP contribution in [0.15, 0.2) is 18.5 Å². The summed E-state index contributed by atoms with van der Waals surface area (Å²) < 4.78 is 31.3. The minimum Gasteiger partial charge on any atom is -0.494 e. The first-order chi connectivity index (χ1) is 19.4. The number of aromatic nitrogens is 3. The second-order valence-electron chi connectivity index (χ2n) is 11.7. The highest BCUT2D eigenvalue weighted by atomic mass is 19.1. The fourth-order valence-electron chi connectivity index (χ4n) is 4.91. The number of rotatable bonds is 7. The molecule has 2 atom stereocenters. The number of halogens is 1. The monoisotopic (exact) mass is 569 g/mol. The van der Waals surface area contributed by atoms with Crippen LogP contribution in [0.4, 0.5) is 9.18 Å². The number of likely N-dealkylation sites (tertiary alicyclic amines) is 1. The van der Waals surface area contributed by atoms with Crippen LogP contribution in [0, 0.1) is 18.7 Å². The number of piperidine rings is 1. The van der Waals surface area contributed by atoms with Crippen molar-refractivity contribution in [2.24, 2.45) is 5.92 Å². The Morgan fingerprint density at radius 2 is 1.95 bits per heavy atom. The van der Waals surface area contributed by atoms with Gasteiger partial charge in [-0.15, -0.1) is 0 Å². The van der Waals surface area contributed by atoms with Gasteiger partial charge in [-0.3, -0.25) is 4.79 Å². The molecular weight excluding hydrogens is 533 g/mol. The number of benzene rings is 1. The zero-order valence-electron chi connectivity index (χ0n) is 23.9. The highest BCUT2D eigenvalue weighted by Crippen LogP contribution is 2.39. The lowest BCUT2D eigenvalue weighted by Crippen LogP contribution is -2.57. The van der Waals surface area contributed by atoms with Crippen LogP contribution in [-0.2, 0) is 4.74 Å². The number of carbonyl (C=O) groups excluding carboxylic acids is 2. The summed E-state index contributed by atoms with van der Waals surface area (Å²) in [4.78, 5) is 39.7. The molecule has 1 saturated heterocycles. The Balaban J connectivity index is 1.44. The summed E-state index contributed by atoms with van der Waals surface area (Å²) in [7, 11) is 1.38. The first-order valence-electron chi connectivity index (χ1n) is 13.8. The van der Waals surface area contributed by atoms with Crippen LogP contribution in [0.1, 0.15) is 56.1 Å². The number of aliphatic hydroxyl groups is 1. The Bertz CT molecular complexity index is 1460. The highest BCUT2D eigenvalue weighted by molar-refractivity contribution is 6.09. The number of ether oxygens (including phenoxy) is 3. The van der Waals surface area contributed by atoms with Gasteiger partial charge in [0.1, 0.15) is 28.9 Å². The van der Waals surface area contributed by atoms with E-state index in [0.29, 0.717) is 59.2 Å². The van der Waals surface area contributed by atoms with E-state index in [9.17, 15) is 19.1 Å². The van der Waals surface area contributed by atoms with Gasteiger partial charge in [-0.05, 0) is 58.9 Å². The maximum absolute atomic E-state index is 14.6. The predicted octanol–water partition coefficient (Wildman–Crippen LogP) is 3.97. The molecule has 3 heterocycles. The molecule has 5 rings (SSSR count). The van der Waals surface area contributed by atoms with Crippen molar-refractivity contribution in [3.63, 3.8) is 0 Å². The van der Waals surface area contributed by atoms with Crippen LogP contribution < -0.4 is 14.8 Å². The lowest BCUT2D eigenvalue weighted by atomic mass is 10.0. The van der Waals surface area contributed by atoms with Gasteiger partial charge in [0.15, 0.2) is 11.6 Å². The molecule has 41 heavy (non-hydrogen) atoms. The minimum absolute atomic E-state index is 0.0348. The third-order valence-corrected chi connectivity index (χ3v) is 7.22. The molecule has 1 saturated carbocycles. The lowest BCUT2D eigenvalue weighted by Gasteiger charge is -2.37. The molecule has 12 heteroatoms. The van der Waals surface area contributed by atoms with Gasteiger partial charge >= 0.3 is 6.09 Å². The largest absolute Gasteiger partial charge is 0.494 e. The van der Waals surface area contributed by atoms with Gasteiger partial charge in [0, 0.05) is 30.4 Å². The number of aliphatic hydroxyl groups excluding tert-OH is 1. The molecule has 11 nitrogen and oxygen atoms in total. The average molecular weight is 570 g/mol. The Kier molecular flexibility index (Phi) is 7.78. The van der Waals surface area contributed by atoms with Gasteiger partial charge in [-0.25, -0.2) is 19.2 Å². The van der Waals surface area contributed by atoms with E-state index in [1.54, 1.807) is 27.7 Å². The number of fused-ring (bicyclic) bond motifs is 1. The predicted molar refractivity (Wildman–Crippen MR) is 148 cm³/mol. The number of H-pyrrole nitrogens is 1. The molecule has 0 radical (unpaired) electrons. The summed E-state index contributed by atoms with van der Waals surface area (Å²) in [6.45, 7) is 7.96. The smallest absolute Gasteiger partial charge is 0.410 e. The van der Waals surface area contributed by atoms with Crippen molar-refractivity contribution >= 4 is 23.0 Å². The third kappa shape index (κ3) is 6.22. The maximum atomic E-state index is 14.6. The number of methoxy groups -OCH3 is 1. The summed E-state index contributed by atoms with van der Waals surface area (Å²) in [5.74, 6) is -0.214. The van der Waals surface area contributed by atoms with Gasteiger partial charge in [0.2, 0.25) is 0 Å². The van der Waals surface area contributed by atoms with Gasteiger partial charge < -0.3 is 34.5 Å². The van der Waals surface area contributed by atoms with Crippen LogP contribution in [0.5, 0.6) is 11.5 Å². The summed E-state index contributed by atoms with van der Waals surface area (Å²) in [6, 6.07) is 2.10. The highest BCUT2D eigenvalue weighted by Gasteiger charge is 2.34. The van der Waals surface area contributed by atoms with Crippen molar-refractivity contribution < 1.29 is 33.3 Å². The number of nitrogens with zero attached hydrogens (tertiary/aromatic N) is 3. The van der Waals surface area contributed by atoms with Crippen LogP contribution in [0.2, 0.25) is 0 Å². The van der Waals surface area contributed by atoms with E-state index in [1.165, 1.54) is 30.5 Å². The van der Waals surface area contributed by atoms with Crippen LogP contribution >= 0.6 is 0 Å². The Hall–Kier alpha value is -3.93. The molecule has 1 aliphatic heterocycles. The molecule has 3 N–H and O–H groups in total. The van der Waals surface area contributed by atoms with E-state index < -0.39 is 35.6 Å². The number of amides is 2. The molecule has 220 valence electrons. The third-order valence-electron chi connectivity index (χ3n) is 7.22. The topological polar surface area (TPSA) is 139 Å². The first-order valence-corrected chi connectivity index (χ1v) is 13.8. The minimum atomic E-state index is -0.841. The van der Waals surface area contributed by atoms with Crippen LogP contribution in [0.25, 0.3) is 22.3 Å².